The van der Waals surface area contributed by atoms with Crippen LogP contribution in [0.5, 0.6) is 17.2 Å². The molecule has 0 bridgehead atoms. The highest BCUT2D eigenvalue weighted by molar-refractivity contribution is 5.89. The third-order valence-corrected chi connectivity index (χ3v) is 4.24. The van der Waals surface area contributed by atoms with Gasteiger partial charge in [-0.25, -0.2) is 4.79 Å². The molecule has 138 valence electrons. The summed E-state index contributed by atoms with van der Waals surface area (Å²) in [6, 6.07) is 13.7. The van der Waals surface area contributed by atoms with E-state index in [0.29, 0.717) is 29.5 Å². The number of urea groups is 1. The number of likely N-dealkylation sites (N-methyl/N-ethyl adjacent to an activating group) is 1. The summed E-state index contributed by atoms with van der Waals surface area (Å²) in [4.78, 5) is 13.8. The summed E-state index contributed by atoms with van der Waals surface area (Å²) >= 11 is 0. The van der Waals surface area contributed by atoms with Gasteiger partial charge in [-0.1, -0.05) is 12.1 Å². The Morgan fingerprint density at radius 1 is 1.15 bits per heavy atom. The van der Waals surface area contributed by atoms with Crippen molar-refractivity contribution in [3.05, 3.63) is 48.5 Å². The van der Waals surface area contributed by atoms with Crippen LogP contribution in [0.3, 0.4) is 0 Å². The van der Waals surface area contributed by atoms with Crippen LogP contribution >= 0.6 is 0 Å². The summed E-state index contributed by atoms with van der Waals surface area (Å²) in [5, 5.41) is 12.6. The maximum absolute atomic E-state index is 12.3. The maximum Gasteiger partial charge on any atom is 0.322 e. The molecule has 26 heavy (non-hydrogen) atoms. The predicted octanol–water partition coefficient (Wildman–Crippen LogP) is 2.71. The summed E-state index contributed by atoms with van der Waals surface area (Å²) in [6.45, 7) is 0.577. The van der Waals surface area contributed by atoms with Crippen LogP contribution in [0.15, 0.2) is 48.5 Å². The summed E-state index contributed by atoms with van der Waals surface area (Å²) in [6.07, 6.45) is -0.664. The van der Waals surface area contributed by atoms with Crippen molar-refractivity contribution in [2.75, 3.05) is 32.7 Å². The van der Waals surface area contributed by atoms with Crippen molar-refractivity contribution in [3.63, 3.8) is 0 Å². The number of carbonyl (C=O) groups is 1. The van der Waals surface area contributed by atoms with E-state index in [4.69, 9.17) is 14.2 Å². The van der Waals surface area contributed by atoms with Gasteiger partial charge in [-0.2, -0.15) is 0 Å². The highest BCUT2D eigenvalue weighted by atomic mass is 16.5. The maximum atomic E-state index is 12.3. The van der Waals surface area contributed by atoms with Crippen molar-refractivity contribution in [2.45, 2.75) is 12.1 Å². The molecule has 1 fully saturated rings. The number of methoxy groups -OCH3 is 1. The fourth-order valence-corrected chi connectivity index (χ4v) is 2.70. The number of rotatable bonds is 5. The first-order valence-electron chi connectivity index (χ1n) is 8.29. The van der Waals surface area contributed by atoms with Gasteiger partial charge >= 0.3 is 6.03 Å². The molecule has 0 spiro atoms. The molecular formula is C19H22N2O5. The van der Waals surface area contributed by atoms with Crippen molar-refractivity contribution >= 4 is 11.7 Å². The average molecular weight is 358 g/mol. The molecule has 1 heterocycles. The lowest BCUT2D eigenvalue weighted by atomic mass is 10.2. The number of aliphatic hydroxyl groups is 1. The number of ether oxygens (including phenoxy) is 3. The Bertz CT molecular complexity index is 750. The monoisotopic (exact) mass is 358 g/mol. The second-order valence-electron chi connectivity index (χ2n) is 5.99. The van der Waals surface area contributed by atoms with Crippen LogP contribution < -0.4 is 14.8 Å². The van der Waals surface area contributed by atoms with E-state index in [1.165, 1.54) is 4.90 Å². The zero-order chi connectivity index (χ0) is 18.5. The van der Waals surface area contributed by atoms with E-state index in [-0.39, 0.29) is 18.7 Å². The average Bonchev–Trinajstić information content (AvgIpc) is 3.09. The molecule has 0 radical (unpaired) electrons. The lowest BCUT2D eigenvalue weighted by molar-refractivity contribution is 0.106. The fourth-order valence-electron chi connectivity index (χ4n) is 2.70. The summed E-state index contributed by atoms with van der Waals surface area (Å²) in [5.41, 5.74) is 0.627. The molecule has 0 aromatic heterocycles. The molecule has 0 aliphatic carbocycles. The van der Waals surface area contributed by atoms with E-state index in [2.05, 4.69) is 5.32 Å². The van der Waals surface area contributed by atoms with Gasteiger partial charge < -0.3 is 29.5 Å². The van der Waals surface area contributed by atoms with Gasteiger partial charge in [-0.05, 0) is 36.4 Å². The molecular weight excluding hydrogens is 336 g/mol. The molecule has 1 aliphatic heterocycles. The van der Waals surface area contributed by atoms with E-state index >= 15 is 0 Å². The number of aliphatic hydroxyl groups excluding tert-OH is 1. The third kappa shape index (κ3) is 4.07. The first-order valence-corrected chi connectivity index (χ1v) is 8.29. The Hall–Kier alpha value is -2.77. The van der Waals surface area contributed by atoms with Crippen molar-refractivity contribution in [1.82, 2.24) is 4.90 Å². The van der Waals surface area contributed by atoms with Gasteiger partial charge in [-0.15, -0.1) is 0 Å². The number of para-hydroxylation sites is 2. The van der Waals surface area contributed by atoms with E-state index in [0.717, 1.165) is 0 Å². The van der Waals surface area contributed by atoms with Crippen molar-refractivity contribution in [1.29, 1.82) is 0 Å². The number of benzene rings is 2. The van der Waals surface area contributed by atoms with Crippen molar-refractivity contribution < 1.29 is 24.1 Å². The summed E-state index contributed by atoms with van der Waals surface area (Å²) < 4.78 is 16.2. The molecule has 1 aliphatic rings. The number of hydrogen-bond acceptors (Lipinski definition) is 5. The van der Waals surface area contributed by atoms with Crippen LogP contribution in [0.2, 0.25) is 0 Å². The second-order valence-corrected chi connectivity index (χ2v) is 5.99. The molecule has 2 N–H and O–H groups in total. The minimum absolute atomic E-state index is 0.247. The van der Waals surface area contributed by atoms with E-state index in [1.807, 2.05) is 24.3 Å². The first kappa shape index (κ1) is 18.0. The topological polar surface area (TPSA) is 80.3 Å². The predicted molar refractivity (Wildman–Crippen MR) is 96.9 cm³/mol. The van der Waals surface area contributed by atoms with Gasteiger partial charge in [0.2, 0.25) is 0 Å². The number of hydrogen-bond donors (Lipinski definition) is 2. The van der Waals surface area contributed by atoms with Crippen LogP contribution in [-0.2, 0) is 4.74 Å². The Kier molecular flexibility index (Phi) is 5.60. The Morgan fingerprint density at radius 3 is 2.46 bits per heavy atom. The molecule has 2 aromatic rings. The van der Waals surface area contributed by atoms with Crippen LogP contribution in [-0.4, -0.2) is 55.6 Å². The first-order chi connectivity index (χ1) is 12.6. The number of carbonyl (C=O) groups excluding carboxylic acids is 1. The van der Waals surface area contributed by atoms with E-state index in [9.17, 15) is 9.90 Å². The van der Waals surface area contributed by atoms with Crippen LogP contribution in [0.25, 0.3) is 0 Å². The summed E-state index contributed by atoms with van der Waals surface area (Å²) in [7, 11) is 3.22. The molecule has 7 nitrogen and oxygen atoms in total. The fraction of sp³-hybridized carbons (Fsp3) is 0.316. The lowest BCUT2D eigenvalue weighted by Crippen LogP contribution is -2.45. The zero-order valence-electron chi connectivity index (χ0n) is 14.7. The number of amides is 2. The number of nitrogens with one attached hydrogen (secondary N) is 1. The molecule has 1 saturated heterocycles. The van der Waals surface area contributed by atoms with Crippen LogP contribution in [0.1, 0.15) is 0 Å². The Balaban J connectivity index is 1.61. The number of nitrogens with zero attached hydrogens (tertiary/aromatic N) is 1. The van der Waals surface area contributed by atoms with Crippen LogP contribution in [0.4, 0.5) is 10.5 Å². The molecule has 2 atom stereocenters. The lowest BCUT2D eigenvalue weighted by Gasteiger charge is -2.25. The molecule has 0 unspecified atom stereocenters. The van der Waals surface area contributed by atoms with E-state index in [1.54, 1.807) is 38.4 Å². The normalized spacial score (nSPS) is 19.0. The molecule has 2 aromatic carbocycles. The standard InChI is InChI=1S/C19H22N2O5/c1-21(15-11-25-12-16(15)22)19(23)20-13-7-9-14(10-8-13)26-18-6-4-3-5-17(18)24-2/h3-10,15-16,22H,11-12H2,1-2H3,(H,20,23)/t15-,16-/m1/s1. The Labute approximate surface area is 152 Å². The SMILES string of the molecule is COc1ccccc1Oc1ccc(NC(=O)N(C)[C@@H]2COC[C@H]2O)cc1. The van der Waals surface area contributed by atoms with Crippen molar-refractivity contribution in [3.8, 4) is 17.2 Å². The van der Waals surface area contributed by atoms with E-state index < -0.39 is 6.10 Å². The van der Waals surface area contributed by atoms with Gasteiger partial charge in [0.15, 0.2) is 11.5 Å². The largest absolute Gasteiger partial charge is 0.493 e. The van der Waals surface area contributed by atoms with Gasteiger partial charge in [0, 0.05) is 12.7 Å². The highest BCUT2D eigenvalue weighted by Crippen LogP contribution is 2.31. The van der Waals surface area contributed by atoms with Gasteiger partial charge in [0.05, 0.1) is 32.5 Å². The summed E-state index contributed by atoms with van der Waals surface area (Å²) in [5.74, 6) is 1.88. The third-order valence-electron chi connectivity index (χ3n) is 4.24. The smallest absolute Gasteiger partial charge is 0.322 e. The van der Waals surface area contributed by atoms with Gasteiger partial charge in [-0.3, -0.25) is 0 Å². The second kappa shape index (κ2) is 8.07. The molecule has 2 amide bonds. The number of anilines is 1. The molecule has 3 rings (SSSR count). The minimum Gasteiger partial charge on any atom is -0.493 e. The quantitative estimate of drug-likeness (QED) is 0.859. The van der Waals surface area contributed by atoms with Crippen LogP contribution in [0, 0.1) is 0 Å². The minimum atomic E-state index is -0.664. The van der Waals surface area contributed by atoms with Crippen molar-refractivity contribution in [2.24, 2.45) is 0 Å². The highest BCUT2D eigenvalue weighted by Gasteiger charge is 2.32. The van der Waals surface area contributed by atoms with Gasteiger partial charge in [0.25, 0.3) is 0 Å². The Morgan fingerprint density at radius 2 is 1.85 bits per heavy atom. The van der Waals surface area contributed by atoms with Gasteiger partial charge in [0.1, 0.15) is 5.75 Å². The molecule has 0 saturated carbocycles. The zero-order valence-corrected chi connectivity index (χ0v) is 14.7. The molecule has 7 heteroatoms.